The molecule has 0 bridgehead atoms. The maximum Gasteiger partial charge on any atom is 0.248 e. The molecule has 0 radical (unpaired) electrons. The molecule has 1 amide bonds. The van der Waals surface area contributed by atoms with Crippen LogP contribution in [-0.2, 0) is 11.3 Å². The monoisotopic (exact) mass is 367 g/mol. The van der Waals surface area contributed by atoms with Gasteiger partial charge in [0.05, 0.1) is 25.5 Å². The summed E-state index contributed by atoms with van der Waals surface area (Å²) < 4.78 is 6.83. The molecule has 26 heavy (non-hydrogen) atoms. The fourth-order valence-electron chi connectivity index (χ4n) is 2.39. The van der Waals surface area contributed by atoms with Crippen LogP contribution in [0.1, 0.15) is 11.1 Å². The summed E-state index contributed by atoms with van der Waals surface area (Å²) in [6, 6.07) is 15.0. The number of anilines is 1. The number of halogens is 1. The second-order valence-corrected chi connectivity index (χ2v) is 6.02. The molecule has 0 aliphatic rings. The van der Waals surface area contributed by atoms with Gasteiger partial charge in [0.15, 0.2) is 0 Å². The molecule has 0 fully saturated rings. The number of carbonyl (C=O) groups is 1. The number of carbonyl (C=O) groups excluding carboxylic acids is 1. The molecule has 3 rings (SSSR count). The van der Waals surface area contributed by atoms with E-state index in [2.05, 4.69) is 10.4 Å². The van der Waals surface area contributed by atoms with Crippen molar-refractivity contribution < 1.29 is 9.53 Å². The number of methoxy groups -OCH3 is 1. The van der Waals surface area contributed by atoms with Crippen molar-refractivity contribution >= 4 is 29.3 Å². The minimum Gasteiger partial charge on any atom is -0.497 e. The predicted molar refractivity (Wildman–Crippen MR) is 103 cm³/mol. The van der Waals surface area contributed by atoms with Gasteiger partial charge in [-0.3, -0.25) is 9.48 Å². The Balaban J connectivity index is 1.58. The molecule has 2 aromatic carbocycles. The Bertz CT molecular complexity index is 917. The number of hydrogen-bond acceptors (Lipinski definition) is 3. The summed E-state index contributed by atoms with van der Waals surface area (Å²) in [5.41, 5.74) is 2.51. The van der Waals surface area contributed by atoms with E-state index in [1.165, 1.54) is 6.08 Å². The molecule has 0 saturated carbocycles. The van der Waals surface area contributed by atoms with Gasteiger partial charge >= 0.3 is 0 Å². The molecule has 0 unspecified atom stereocenters. The molecule has 132 valence electrons. The van der Waals surface area contributed by atoms with Crippen molar-refractivity contribution in [1.29, 1.82) is 0 Å². The van der Waals surface area contributed by atoms with Crippen molar-refractivity contribution in [2.75, 3.05) is 12.4 Å². The summed E-state index contributed by atoms with van der Waals surface area (Å²) in [5.74, 6) is 0.552. The Morgan fingerprint density at radius 3 is 2.73 bits per heavy atom. The Labute approximate surface area is 156 Å². The fraction of sp³-hybridized carbons (Fsp3) is 0.100. The Hall–Kier alpha value is -3.05. The largest absolute Gasteiger partial charge is 0.497 e. The van der Waals surface area contributed by atoms with E-state index < -0.39 is 0 Å². The Kier molecular flexibility index (Phi) is 5.71. The van der Waals surface area contributed by atoms with Gasteiger partial charge in [0.2, 0.25) is 5.91 Å². The van der Waals surface area contributed by atoms with E-state index in [4.69, 9.17) is 16.3 Å². The van der Waals surface area contributed by atoms with Crippen LogP contribution in [0.25, 0.3) is 6.08 Å². The van der Waals surface area contributed by atoms with E-state index in [1.54, 1.807) is 30.3 Å². The van der Waals surface area contributed by atoms with Crippen LogP contribution in [0, 0.1) is 0 Å². The lowest BCUT2D eigenvalue weighted by Crippen LogP contribution is -2.07. The molecule has 0 aliphatic carbocycles. The summed E-state index contributed by atoms with van der Waals surface area (Å²) >= 11 is 6.16. The third kappa shape index (κ3) is 4.74. The Morgan fingerprint density at radius 2 is 2.00 bits per heavy atom. The third-order valence-electron chi connectivity index (χ3n) is 3.73. The van der Waals surface area contributed by atoms with Gasteiger partial charge in [0.1, 0.15) is 5.75 Å². The van der Waals surface area contributed by atoms with Crippen molar-refractivity contribution in [3.05, 3.63) is 83.2 Å². The van der Waals surface area contributed by atoms with Gasteiger partial charge in [-0.2, -0.15) is 5.10 Å². The van der Waals surface area contributed by atoms with Crippen LogP contribution in [-0.4, -0.2) is 22.8 Å². The van der Waals surface area contributed by atoms with E-state index in [1.807, 2.05) is 48.5 Å². The van der Waals surface area contributed by atoms with Crippen molar-refractivity contribution in [1.82, 2.24) is 9.78 Å². The number of aromatic nitrogens is 2. The zero-order valence-corrected chi connectivity index (χ0v) is 15.0. The van der Waals surface area contributed by atoms with Gasteiger partial charge in [-0.25, -0.2) is 0 Å². The van der Waals surface area contributed by atoms with Crippen LogP contribution in [0.5, 0.6) is 5.75 Å². The number of ether oxygens (including phenoxy) is 1. The third-order valence-corrected chi connectivity index (χ3v) is 4.10. The molecule has 0 saturated heterocycles. The maximum absolute atomic E-state index is 12.0. The average Bonchev–Trinajstić information content (AvgIpc) is 3.09. The number of amides is 1. The van der Waals surface area contributed by atoms with Gasteiger partial charge < -0.3 is 10.1 Å². The molecule has 0 atom stereocenters. The minimum absolute atomic E-state index is 0.224. The maximum atomic E-state index is 12.0. The van der Waals surface area contributed by atoms with Crippen molar-refractivity contribution in [3.63, 3.8) is 0 Å². The van der Waals surface area contributed by atoms with Crippen molar-refractivity contribution in [3.8, 4) is 5.75 Å². The normalized spacial score (nSPS) is 10.8. The minimum atomic E-state index is -0.224. The molecule has 1 heterocycles. The fourth-order valence-corrected chi connectivity index (χ4v) is 2.58. The highest BCUT2D eigenvalue weighted by molar-refractivity contribution is 6.31. The molecule has 1 aromatic heterocycles. The first-order valence-corrected chi connectivity index (χ1v) is 8.41. The highest BCUT2D eigenvalue weighted by atomic mass is 35.5. The lowest BCUT2D eigenvalue weighted by Gasteiger charge is -2.03. The van der Waals surface area contributed by atoms with Crippen LogP contribution in [0.2, 0.25) is 5.02 Å². The first-order valence-electron chi connectivity index (χ1n) is 8.03. The van der Waals surface area contributed by atoms with Crippen LogP contribution in [0.4, 0.5) is 5.69 Å². The molecule has 0 spiro atoms. The van der Waals surface area contributed by atoms with Crippen LogP contribution in [0.3, 0.4) is 0 Å². The van der Waals surface area contributed by atoms with Gasteiger partial charge in [-0.15, -0.1) is 0 Å². The first-order chi connectivity index (χ1) is 12.6. The number of nitrogens with zero attached hydrogens (tertiary/aromatic N) is 2. The first kappa shape index (κ1) is 17.8. The van der Waals surface area contributed by atoms with Crippen LogP contribution >= 0.6 is 11.6 Å². The van der Waals surface area contributed by atoms with Crippen molar-refractivity contribution in [2.24, 2.45) is 0 Å². The number of hydrogen-bond donors (Lipinski definition) is 1. The van der Waals surface area contributed by atoms with Gasteiger partial charge in [0, 0.05) is 17.3 Å². The second kappa shape index (κ2) is 8.36. The summed E-state index contributed by atoms with van der Waals surface area (Å²) in [6.07, 6.45) is 6.59. The average molecular weight is 368 g/mol. The molecule has 3 aromatic rings. The topological polar surface area (TPSA) is 56.1 Å². The number of nitrogens with one attached hydrogen (secondary N) is 1. The molecule has 0 aliphatic heterocycles. The number of rotatable bonds is 6. The zero-order chi connectivity index (χ0) is 18.4. The summed E-state index contributed by atoms with van der Waals surface area (Å²) in [4.78, 5) is 12.0. The summed E-state index contributed by atoms with van der Waals surface area (Å²) in [7, 11) is 1.62. The second-order valence-electron chi connectivity index (χ2n) is 5.61. The molecule has 1 N–H and O–H groups in total. The summed E-state index contributed by atoms with van der Waals surface area (Å²) in [5, 5.41) is 7.73. The van der Waals surface area contributed by atoms with E-state index in [0.717, 1.165) is 16.9 Å². The summed E-state index contributed by atoms with van der Waals surface area (Å²) in [6.45, 7) is 0.539. The number of benzene rings is 2. The highest BCUT2D eigenvalue weighted by Gasteiger charge is 2.04. The molecule has 6 heteroatoms. The van der Waals surface area contributed by atoms with E-state index in [9.17, 15) is 4.79 Å². The SMILES string of the molecule is COc1ccc(/C=C/C(=O)Nc2cnn(Cc3ccccc3Cl)c2)cc1. The van der Waals surface area contributed by atoms with Crippen molar-refractivity contribution in [2.45, 2.75) is 6.54 Å². The van der Waals surface area contributed by atoms with Gasteiger partial charge in [0.25, 0.3) is 0 Å². The molecular formula is C20H18ClN3O2. The van der Waals surface area contributed by atoms with Crippen LogP contribution < -0.4 is 10.1 Å². The highest BCUT2D eigenvalue weighted by Crippen LogP contribution is 2.17. The van der Waals surface area contributed by atoms with E-state index in [-0.39, 0.29) is 5.91 Å². The lowest BCUT2D eigenvalue weighted by molar-refractivity contribution is -0.111. The predicted octanol–water partition coefficient (Wildman–Crippen LogP) is 4.25. The van der Waals surface area contributed by atoms with E-state index in [0.29, 0.717) is 17.3 Å². The smallest absolute Gasteiger partial charge is 0.248 e. The quantitative estimate of drug-likeness (QED) is 0.663. The zero-order valence-electron chi connectivity index (χ0n) is 14.2. The molecule has 5 nitrogen and oxygen atoms in total. The molecular weight excluding hydrogens is 350 g/mol. The Morgan fingerprint density at radius 1 is 1.23 bits per heavy atom. The van der Waals surface area contributed by atoms with E-state index >= 15 is 0 Å². The van der Waals surface area contributed by atoms with Crippen LogP contribution in [0.15, 0.2) is 67.0 Å². The van der Waals surface area contributed by atoms with Gasteiger partial charge in [-0.05, 0) is 35.4 Å². The lowest BCUT2D eigenvalue weighted by atomic mass is 10.2. The van der Waals surface area contributed by atoms with Gasteiger partial charge in [-0.1, -0.05) is 41.9 Å². The standard InChI is InChI=1S/C20H18ClN3O2/c1-26-18-9-6-15(7-10-18)8-11-20(25)23-17-12-22-24(14-17)13-16-4-2-3-5-19(16)21/h2-12,14H,13H2,1H3,(H,23,25)/b11-8+.